The first kappa shape index (κ1) is 23.5. The number of nitrogens with zero attached hydrogens (tertiary/aromatic N) is 2. The van der Waals surface area contributed by atoms with Crippen LogP contribution in [0.5, 0.6) is 5.75 Å². The number of hydrogen-bond donors (Lipinski definition) is 5. The molecule has 160 valence electrons. The lowest BCUT2D eigenvalue weighted by Gasteiger charge is -2.18. The zero-order chi connectivity index (χ0) is 22.6. The summed E-state index contributed by atoms with van der Waals surface area (Å²) in [6.07, 6.45) is -4.85. The first-order chi connectivity index (χ1) is 14.0. The molecule has 2 rings (SSSR count). The van der Waals surface area contributed by atoms with E-state index in [0.29, 0.717) is 16.2 Å². The molecular weight excluding hydrogens is 487 g/mol. The molecule has 0 bridgehead atoms. The van der Waals surface area contributed by atoms with Crippen LogP contribution in [0.4, 0.5) is 24.5 Å². The first-order valence-corrected chi connectivity index (χ1v) is 9.49. The molecule has 0 heterocycles. The van der Waals surface area contributed by atoms with E-state index in [2.05, 4.69) is 43.5 Å². The van der Waals surface area contributed by atoms with Crippen molar-refractivity contribution in [1.29, 1.82) is 0 Å². The van der Waals surface area contributed by atoms with Crippen LogP contribution in [-0.4, -0.2) is 41.7 Å². The van der Waals surface area contributed by atoms with Crippen LogP contribution in [0.15, 0.2) is 45.9 Å². The number of carbonyl (C=O) groups excluding carboxylic acids is 1. The molecule has 0 unspecified atom stereocenters. The van der Waals surface area contributed by atoms with E-state index >= 15 is 0 Å². The summed E-state index contributed by atoms with van der Waals surface area (Å²) < 4.78 is 43.2. The Labute approximate surface area is 184 Å². The zero-order valence-corrected chi connectivity index (χ0v) is 18.2. The maximum Gasteiger partial charge on any atom is 0.417 e. The fourth-order valence-electron chi connectivity index (χ4n) is 2.38. The number of rotatable bonds is 3. The number of phenols is 1. The number of nitrogens with one attached hydrogen (secondary N) is 2. The summed E-state index contributed by atoms with van der Waals surface area (Å²) in [5.41, 5.74) is 4.02. The molecule has 0 aliphatic carbocycles. The van der Waals surface area contributed by atoms with Crippen molar-refractivity contribution in [3.63, 3.8) is 0 Å². The van der Waals surface area contributed by atoms with Gasteiger partial charge in [-0.05, 0) is 40.2 Å². The highest BCUT2D eigenvalue weighted by atomic mass is 79.9. The molecular formula is C18H18BrF3N5O2S+. The number of halogens is 4. The largest absolute Gasteiger partial charge is 0.505 e. The molecule has 12 heteroatoms. The second-order valence-electron chi connectivity index (χ2n) is 6.14. The van der Waals surface area contributed by atoms with E-state index in [1.165, 1.54) is 14.1 Å². The smallest absolute Gasteiger partial charge is 0.417 e. The van der Waals surface area contributed by atoms with Gasteiger partial charge < -0.3 is 15.7 Å². The monoisotopic (exact) mass is 504 g/mol. The predicted octanol–water partition coefficient (Wildman–Crippen LogP) is 2.11. The number of thiol groups is 1. The van der Waals surface area contributed by atoms with Gasteiger partial charge in [0, 0.05) is 26.9 Å². The molecule has 30 heavy (non-hydrogen) atoms. The normalized spacial score (nSPS) is 12.6. The standard InChI is InChI=1S/C18H17BrF3N5O2S/c1-27(2)17(29)13-9(18(20,21)22)7-8-12(14(13)28)24-15(23)16(26-30)25-11-6-4-3-5-10(11)19/h3-8,28,30H,1-2H3,(H2,23,24)(H,25,26)/p+1. The van der Waals surface area contributed by atoms with Gasteiger partial charge in [-0.15, -0.1) is 0 Å². The van der Waals surface area contributed by atoms with Gasteiger partial charge in [-0.25, -0.2) is 14.7 Å². The van der Waals surface area contributed by atoms with Gasteiger partial charge in [-0.2, -0.15) is 13.2 Å². The first-order valence-electron chi connectivity index (χ1n) is 8.25. The van der Waals surface area contributed by atoms with E-state index in [0.717, 1.165) is 11.0 Å². The lowest BCUT2D eigenvalue weighted by molar-refractivity contribution is -0.354. The second-order valence-corrected chi connectivity index (χ2v) is 7.22. The quantitative estimate of drug-likeness (QED) is 0.251. The summed E-state index contributed by atoms with van der Waals surface area (Å²) in [7, 11) is 2.54. The fraction of sp³-hybridized carbons (Fsp3) is 0.167. The van der Waals surface area contributed by atoms with Crippen LogP contribution >= 0.6 is 28.7 Å². The van der Waals surface area contributed by atoms with E-state index in [1.54, 1.807) is 24.3 Å². The van der Waals surface area contributed by atoms with Crippen LogP contribution in [-0.2, 0) is 6.18 Å². The predicted molar refractivity (Wildman–Crippen MR) is 114 cm³/mol. The molecule has 0 saturated carbocycles. The van der Waals surface area contributed by atoms with Crippen LogP contribution in [0.25, 0.3) is 0 Å². The van der Waals surface area contributed by atoms with E-state index in [9.17, 15) is 23.1 Å². The summed E-state index contributed by atoms with van der Waals surface area (Å²) in [5, 5.41) is 10.4. The van der Waals surface area contributed by atoms with E-state index in [1.807, 2.05) is 0 Å². The topological polar surface area (TPSA) is 105 Å². The van der Waals surface area contributed by atoms with Crippen molar-refractivity contribution in [2.75, 3.05) is 14.1 Å². The van der Waals surface area contributed by atoms with Crippen LogP contribution in [0.2, 0.25) is 0 Å². The number of phenolic OH excluding ortho intramolecular Hbond substituents is 1. The summed E-state index contributed by atoms with van der Waals surface area (Å²) in [6.45, 7) is 0. The molecule has 1 amide bonds. The number of aliphatic imine (C=N–C) groups is 1. The third-order valence-electron chi connectivity index (χ3n) is 3.82. The number of hydrogen-bond acceptors (Lipinski definition) is 4. The highest BCUT2D eigenvalue weighted by molar-refractivity contribution is 9.10. The Bertz CT molecular complexity index is 1030. The van der Waals surface area contributed by atoms with Crippen LogP contribution < -0.4 is 15.4 Å². The lowest BCUT2D eigenvalue weighted by atomic mass is 10.0. The van der Waals surface area contributed by atoms with Gasteiger partial charge in [0.25, 0.3) is 5.91 Å². The molecule has 0 fully saturated rings. The highest BCUT2D eigenvalue weighted by Crippen LogP contribution is 2.40. The Hall–Kier alpha value is -2.73. The van der Waals surface area contributed by atoms with Gasteiger partial charge in [0.2, 0.25) is 5.84 Å². The molecule has 0 aliphatic heterocycles. The third kappa shape index (κ3) is 5.25. The Morgan fingerprint density at radius 2 is 1.90 bits per heavy atom. The maximum absolute atomic E-state index is 13.3. The molecule has 0 atom stereocenters. The van der Waals surface area contributed by atoms with Crippen molar-refractivity contribution < 1.29 is 28.1 Å². The van der Waals surface area contributed by atoms with Crippen molar-refractivity contribution in [2.45, 2.75) is 6.18 Å². The van der Waals surface area contributed by atoms with Gasteiger partial charge >= 0.3 is 12.0 Å². The summed E-state index contributed by atoms with van der Waals surface area (Å²) in [4.78, 5) is 20.1. The zero-order valence-electron chi connectivity index (χ0n) is 15.8. The summed E-state index contributed by atoms with van der Waals surface area (Å²) >= 11 is 7.30. The molecule has 0 spiro atoms. The number of amides is 1. The number of carbonyl (C=O) groups is 1. The average molecular weight is 505 g/mol. The number of alkyl halides is 3. The molecule has 7 nitrogen and oxygen atoms in total. The minimum Gasteiger partial charge on any atom is -0.505 e. The average Bonchev–Trinajstić information content (AvgIpc) is 2.67. The second kappa shape index (κ2) is 9.39. The Morgan fingerprint density at radius 3 is 2.43 bits per heavy atom. The summed E-state index contributed by atoms with van der Waals surface area (Å²) in [5.74, 6) is -2.09. The number of aromatic hydroxyl groups is 1. The highest BCUT2D eigenvalue weighted by Gasteiger charge is 2.38. The minimum atomic E-state index is -4.85. The Balaban J connectivity index is 2.60. The van der Waals surface area contributed by atoms with Crippen molar-refractivity contribution >= 4 is 57.7 Å². The fourth-order valence-corrected chi connectivity index (χ4v) is 2.93. The number of amidine groups is 2. The number of para-hydroxylation sites is 1. The van der Waals surface area contributed by atoms with Crippen LogP contribution in [0, 0.1) is 0 Å². The van der Waals surface area contributed by atoms with Gasteiger partial charge in [-0.3, -0.25) is 4.79 Å². The van der Waals surface area contributed by atoms with E-state index in [4.69, 9.17) is 5.73 Å². The Kier molecular flexibility index (Phi) is 7.37. The molecule has 0 radical (unpaired) electrons. The number of nitrogens with two attached hydrogens (primary N) is 1. The van der Waals surface area contributed by atoms with Crippen molar-refractivity contribution in [1.82, 2.24) is 9.62 Å². The van der Waals surface area contributed by atoms with Gasteiger partial charge in [-0.1, -0.05) is 12.1 Å². The third-order valence-corrected chi connectivity index (χ3v) is 4.74. The Morgan fingerprint density at radius 1 is 1.27 bits per heavy atom. The molecule has 2 aromatic carbocycles. The van der Waals surface area contributed by atoms with Gasteiger partial charge in [0.05, 0.1) is 15.6 Å². The SMILES string of the molecule is CN(C)C(=O)c1c(C(F)(F)F)ccc(N=C(N)C(NS)=[NH+]c2ccccc2Br)c1O. The molecule has 5 N–H and O–H groups in total. The van der Waals surface area contributed by atoms with Gasteiger partial charge in [0.15, 0.2) is 5.75 Å². The van der Waals surface area contributed by atoms with Gasteiger partial charge in [0.1, 0.15) is 11.4 Å². The van der Waals surface area contributed by atoms with Crippen LogP contribution in [0.1, 0.15) is 15.9 Å². The number of benzene rings is 2. The molecule has 0 aromatic heterocycles. The van der Waals surface area contributed by atoms with Crippen molar-refractivity contribution in [2.24, 2.45) is 10.7 Å². The van der Waals surface area contributed by atoms with Crippen LogP contribution in [0.3, 0.4) is 0 Å². The molecule has 0 saturated heterocycles. The van der Waals surface area contributed by atoms with E-state index in [-0.39, 0.29) is 17.4 Å². The van der Waals surface area contributed by atoms with E-state index < -0.39 is 29.0 Å². The maximum atomic E-state index is 13.3. The van der Waals surface area contributed by atoms with Crippen molar-refractivity contribution in [3.8, 4) is 5.75 Å². The van der Waals surface area contributed by atoms with Crippen molar-refractivity contribution in [3.05, 3.63) is 52.0 Å². The minimum absolute atomic E-state index is 0.102. The molecule has 0 aliphatic rings. The molecule has 2 aromatic rings. The lowest BCUT2D eigenvalue weighted by Crippen LogP contribution is -2.72. The summed E-state index contributed by atoms with van der Waals surface area (Å²) in [6, 6.07) is 8.64.